The highest BCUT2D eigenvalue weighted by molar-refractivity contribution is 9.10. The van der Waals surface area contributed by atoms with Crippen molar-refractivity contribution in [3.8, 4) is 0 Å². The number of hydrogen-bond donors (Lipinski definition) is 1. The highest BCUT2D eigenvalue weighted by atomic mass is 79.9. The van der Waals surface area contributed by atoms with Crippen LogP contribution in [0.2, 0.25) is 0 Å². The van der Waals surface area contributed by atoms with Crippen LogP contribution in [0.1, 0.15) is 0 Å². The molecule has 12 heavy (non-hydrogen) atoms. The monoisotopic (exact) mass is 267 g/mol. The van der Waals surface area contributed by atoms with Crippen LogP contribution in [0.3, 0.4) is 0 Å². The number of rotatable bonds is 1. The molecular formula is C7H4BrClFNS. The Bertz CT molecular complexity index is 318. The third-order valence-corrected chi connectivity index (χ3v) is 1.85. The lowest BCUT2D eigenvalue weighted by Crippen LogP contribution is -2.02. The number of halogens is 3. The Morgan fingerprint density at radius 2 is 2.25 bits per heavy atom. The summed E-state index contributed by atoms with van der Waals surface area (Å²) in [6.45, 7) is 0. The van der Waals surface area contributed by atoms with Gasteiger partial charge in [0.25, 0.3) is 0 Å². The van der Waals surface area contributed by atoms with Crippen LogP contribution in [-0.2, 0) is 0 Å². The fraction of sp³-hybridized carbons (Fsp3) is 0. The van der Waals surface area contributed by atoms with Crippen molar-refractivity contribution in [2.75, 3.05) is 5.32 Å². The minimum atomic E-state index is -0.388. The van der Waals surface area contributed by atoms with E-state index in [0.29, 0.717) is 0 Å². The quantitative estimate of drug-likeness (QED) is 0.475. The van der Waals surface area contributed by atoms with Gasteiger partial charge in [-0.25, -0.2) is 4.39 Å². The average molecular weight is 269 g/mol. The number of hydrogen-bond acceptors (Lipinski definition) is 1. The number of nitrogens with one attached hydrogen (secondary N) is 1. The molecule has 1 aromatic rings. The molecule has 0 heterocycles. The highest BCUT2D eigenvalue weighted by Crippen LogP contribution is 2.20. The van der Waals surface area contributed by atoms with Gasteiger partial charge in [0.15, 0.2) is 4.45 Å². The van der Waals surface area contributed by atoms with Gasteiger partial charge in [-0.1, -0.05) is 27.5 Å². The lowest BCUT2D eigenvalue weighted by Gasteiger charge is -2.03. The summed E-state index contributed by atoms with van der Waals surface area (Å²) in [6.07, 6.45) is 0. The molecule has 0 aliphatic carbocycles. The topological polar surface area (TPSA) is 12.0 Å². The van der Waals surface area contributed by atoms with Crippen molar-refractivity contribution in [3.05, 3.63) is 28.5 Å². The third kappa shape index (κ3) is 2.69. The summed E-state index contributed by atoms with van der Waals surface area (Å²) in [4.78, 5) is 0. The summed E-state index contributed by atoms with van der Waals surface area (Å²) in [5.41, 5.74) is 0.268. The Labute approximate surface area is 88.0 Å². The largest absolute Gasteiger partial charge is 0.335 e. The van der Waals surface area contributed by atoms with Gasteiger partial charge in [0.05, 0.1) is 5.69 Å². The molecule has 0 aliphatic heterocycles. The van der Waals surface area contributed by atoms with Crippen LogP contribution >= 0.6 is 39.7 Å². The van der Waals surface area contributed by atoms with Gasteiger partial charge in [-0.15, -0.1) is 0 Å². The van der Waals surface area contributed by atoms with Crippen LogP contribution in [0.25, 0.3) is 0 Å². The molecule has 0 aliphatic rings. The van der Waals surface area contributed by atoms with Gasteiger partial charge in [0, 0.05) is 4.47 Å². The zero-order chi connectivity index (χ0) is 9.14. The zero-order valence-electron chi connectivity index (χ0n) is 5.77. The number of anilines is 1. The minimum absolute atomic E-state index is 0.0204. The molecular weight excluding hydrogens is 265 g/mol. The van der Waals surface area contributed by atoms with Gasteiger partial charge in [-0.3, -0.25) is 0 Å². The molecule has 0 atom stereocenters. The van der Waals surface area contributed by atoms with E-state index in [1.807, 2.05) is 0 Å². The first-order chi connectivity index (χ1) is 5.59. The van der Waals surface area contributed by atoms with Gasteiger partial charge in [0.2, 0.25) is 0 Å². The second-order valence-corrected chi connectivity index (χ2v) is 3.95. The van der Waals surface area contributed by atoms with Crippen molar-refractivity contribution >= 4 is 49.9 Å². The molecule has 1 nitrogen and oxygen atoms in total. The Balaban J connectivity index is 2.97. The SMILES string of the molecule is Fc1ccc(Br)cc1NC(=S)Cl. The maximum absolute atomic E-state index is 12.9. The van der Waals surface area contributed by atoms with Crippen molar-refractivity contribution in [2.24, 2.45) is 0 Å². The lowest BCUT2D eigenvalue weighted by atomic mass is 10.3. The van der Waals surface area contributed by atoms with Crippen molar-refractivity contribution in [3.63, 3.8) is 0 Å². The highest BCUT2D eigenvalue weighted by Gasteiger charge is 2.02. The van der Waals surface area contributed by atoms with E-state index < -0.39 is 0 Å². The molecule has 0 unspecified atom stereocenters. The molecule has 0 spiro atoms. The van der Waals surface area contributed by atoms with E-state index in [2.05, 4.69) is 33.5 Å². The Morgan fingerprint density at radius 3 is 2.83 bits per heavy atom. The van der Waals surface area contributed by atoms with E-state index in [9.17, 15) is 4.39 Å². The molecule has 0 bridgehead atoms. The normalized spacial score (nSPS) is 9.58. The lowest BCUT2D eigenvalue weighted by molar-refractivity contribution is 0.632. The van der Waals surface area contributed by atoms with Crippen molar-refractivity contribution in [1.29, 1.82) is 0 Å². The molecule has 64 valence electrons. The van der Waals surface area contributed by atoms with E-state index in [-0.39, 0.29) is 16.0 Å². The predicted molar refractivity (Wildman–Crippen MR) is 56.2 cm³/mol. The minimum Gasteiger partial charge on any atom is -0.335 e. The fourth-order valence-corrected chi connectivity index (χ4v) is 1.27. The zero-order valence-corrected chi connectivity index (χ0v) is 8.93. The van der Waals surface area contributed by atoms with Crippen molar-refractivity contribution in [1.82, 2.24) is 0 Å². The van der Waals surface area contributed by atoms with E-state index in [0.717, 1.165) is 4.47 Å². The molecule has 0 amide bonds. The summed E-state index contributed by atoms with van der Waals surface area (Å²) in [5, 5.41) is 2.51. The fourth-order valence-electron chi connectivity index (χ4n) is 0.699. The molecule has 1 aromatic carbocycles. The van der Waals surface area contributed by atoms with Gasteiger partial charge < -0.3 is 5.32 Å². The Kier molecular flexibility index (Phi) is 3.43. The van der Waals surface area contributed by atoms with Crippen LogP contribution < -0.4 is 5.32 Å². The molecule has 0 saturated heterocycles. The summed E-state index contributed by atoms with van der Waals surface area (Å²) in [7, 11) is 0. The average Bonchev–Trinajstić information content (AvgIpc) is 1.96. The van der Waals surface area contributed by atoms with Crippen LogP contribution in [0.5, 0.6) is 0 Å². The van der Waals surface area contributed by atoms with E-state index in [1.165, 1.54) is 6.07 Å². The van der Waals surface area contributed by atoms with Crippen molar-refractivity contribution in [2.45, 2.75) is 0 Å². The Morgan fingerprint density at radius 1 is 1.58 bits per heavy atom. The van der Waals surface area contributed by atoms with Gasteiger partial charge in [0.1, 0.15) is 5.82 Å². The first-order valence-electron chi connectivity index (χ1n) is 3.01. The molecule has 0 aromatic heterocycles. The summed E-state index contributed by atoms with van der Waals surface area (Å²) >= 11 is 13.1. The van der Waals surface area contributed by atoms with Crippen LogP contribution in [0.15, 0.2) is 22.7 Å². The van der Waals surface area contributed by atoms with Crippen LogP contribution in [0.4, 0.5) is 10.1 Å². The first-order valence-corrected chi connectivity index (χ1v) is 4.59. The van der Waals surface area contributed by atoms with E-state index in [1.54, 1.807) is 12.1 Å². The predicted octanol–water partition coefficient (Wildman–Crippen LogP) is 3.52. The molecule has 5 heteroatoms. The summed E-state index contributed by atoms with van der Waals surface area (Å²) < 4.78 is 13.7. The van der Waals surface area contributed by atoms with Crippen molar-refractivity contribution < 1.29 is 4.39 Å². The molecule has 1 N–H and O–H groups in total. The van der Waals surface area contributed by atoms with E-state index >= 15 is 0 Å². The molecule has 0 saturated carbocycles. The maximum atomic E-state index is 12.9. The smallest absolute Gasteiger partial charge is 0.171 e. The molecule has 0 fully saturated rings. The van der Waals surface area contributed by atoms with E-state index in [4.69, 9.17) is 11.6 Å². The standard InChI is InChI=1S/C7H4BrClFNS/c8-4-1-2-5(10)6(3-4)11-7(9)12/h1-3H,(H,11,12). The molecule has 0 radical (unpaired) electrons. The first kappa shape index (κ1) is 9.89. The number of thiocarbonyl (C=S) groups is 1. The van der Waals surface area contributed by atoms with Gasteiger partial charge in [-0.2, -0.15) is 0 Å². The van der Waals surface area contributed by atoms with Gasteiger partial charge in [-0.05, 0) is 30.4 Å². The third-order valence-electron chi connectivity index (χ3n) is 1.16. The maximum Gasteiger partial charge on any atom is 0.171 e. The summed E-state index contributed by atoms with van der Waals surface area (Å²) in [6, 6.07) is 4.48. The van der Waals surface area contributed by atoms with Crippen LogP contribution in [0, 0.1) is 5.82 Å². The number of benzene rings is 1. The van der Waals surface area contributed by atoms with Gasteiger partial charge >= 0.3 is 0 Å². The Hall–Kier alpha value is -0.190. The molecule has 1 rings (SSSR count). The second kappa shape index (κ2) is 4.16. The summed E-state index contributed by atoms with van der Waals surface area (Å²) in [5.74, 6) is -0.388. The second-order valence-electron chi connectivity index (χ2n) is 2.02. The van der Waals surface area contributed by atoms with Crippen LogP contribution in [-0.4, -0.2) is 4.45 Å².